The van der Waals surface area contributed by atoms with Crippen LogP contribution in [0.3, 0.4) is 0 Å². The molecule has 7 heteroatoms. The molecule has 29 heavy (non-hydrogen) atoms. The van der Waals surface area contributed by atoms with Crippen LogP contribution < -0.4 is 0 Å². The van der Waals surface area contributed by atoms with E-state index in [0.29, 0.717) is 11.4 Å². The topological polar surface area (TPSA) is 42.3 Å². The fraction of sp³-hybridized carbons (Fsp3) is 0.182. The first-order chi connectivity index (χ1) is 13.8. The molecule has 1 aromatic heterocycles. The van der Waals surface area contributed by atoms with Gasteiger partial charge in [-0.25, -0.2) is 4.39 Å². The van der Waals surface area contributed by atoms with Gasteiger partial charge in [0, 0.05) is 39.7 Å². The average Bonchev–Trinajstić information content (AvgIpc) is 3.14. The Morgan fingerprint density at radius 2 is 1.86 bits per heavy atom. The van der Waals surface area contributed by atoms with Crippen molar-refractivity contribution in [3.8, 4) is 0 Å². The SMILES string of the molecule is CC(C)N1C(=O)S/C(=C\c2cn(Cc3ccc(F)cc3)c3ccc(Br)cc23)C1=O. The van der Waals surface area contributed by atoms with Crippen molar-refractivity contribution in [1.82, 2.24) is 9.47 Å². The number of amides is 2. The second kappa shape index (κ2) is 7.80. The Morgan fingerprint density at radius 3 is 2.52 bits per heavy atom. The lowest BCUT2D eigenvalue weighted by Crippen LogP contribution is -2.34. The second-order valence-electron chi connectivity index (χ2n) is 7.15. The molecule has 3 aromatic rings. The second-order valence-corrected chi connectivity index (χ2v) is 9.05. The number of halogens is 2. The van der Waals surface area contributed by atoms with E-state index < -0.39 is 0 Å². The van der Waals surface area contributed by atoms with Crippen LogP contribution in [0.1, 0.15) is 25.0 Å². The van der Waals surface area contributed by atoms with E-state index in [1.54, 1.807) is 18.2 Å². The van der Waals surface area contributed by atoms with Crippen molar-refractivity contribution in [2.24, 2.45) is 0 Å². The molecule has 0 N–H and O–H groups in total. The minimum Gasteiger partial charge on any atom is -0.342 e. The third kappa shape index (κ3) is 3.89. The standard InChI is InChI=1S/C22H18BrFN2O2S/c1-13(2)26-21(27)20(29-22(26)28)9-15-12-25(11-14-3-6-17(24)7-4-14)19-8-5-16(23)10-18(15)19/h3-10,12-13H,11H2,1-2H3/b20-9-. The van der Waals surface area contributed by atoms with E-state index in [-0.39, 0.29) is 23.0 Å². The van der Waals surface area contributed by atoms with Crippen LogP contribution in [0, 0.1) is 5.82 Å². The number of thioether (sulfide) groups is 1. The maximum atomic E-state index is 13.2. The van der Waals surface area contributed by atoms with Gasteiger partial charge in [0.2, 0.25) is 0 Å². The zero-order valence-corrected chi connectivity index (χ0v) is 18.3. The van der Waals surface area contributed by atoms with Crippen molar-refractivity contribution in [3.05, 3.63) is 75.0 Å². The normalized spacial score (nSPS) is 16.0. The zero-order chi connectivity index (χ0) is 20.7. The van der Waals surface area contributed by atoms with Crippen LogP contribution in [-0.4, -0.2) is 26.7 Å². The van der Waals surface area contributed by atoms with E-state index in [4.69, 9.17) is 0 Å². The Kier molecular flexibility index (Phi) is 5.36. The summed E-state index contributed by atoms with van der Waals surface area (Å²) in [7, 11) is 0. The predicted molar refractivity (Wildman–Crippen MR) is 118 cm³/mol. The van der Waals surface area contributed by atoms with Crippen molar-refractivity contribution in [1.29, 1.82) is 0 Å². The number of hydrogen-bond donors (Lipinski definition) is 0. The van der Waals surface area contributed by atoms with Crippen molar-refractivity contribution in [2.45, 2.75) is 26.4 Å². The lowest BCUT2D eigenvalue weighted by molar-refractivity contribution is -0.123. The maximum absolute atomic E-state index is 13.2. The molecule has 1 saturated heterocycles. The number of imide groups is 1. The van der Waals surface area contributed by atoms with Crippen LogP contribution in [0.4, 0.5) is 9.18 Å². The molecule has 1 aliphatic rings. The van der Waals surface area contributed by atoms with Crippen LogP contribution >= 0.6 is 27.7 Å². The number of carbonyl (C=O) groups excluding carboxylic acids is 2. The highest BCUT2D eigenvalue weighted by molar-refractivity contribution is 9.10. The summed E-state index contributed by atoms with van der Waals surface area (Å²) in [5, 5.41) is 0.727. The van der Waals surface area contributed by atoms with Crippen molar-refractivity contribution < 1.29 is 14.0 Å². The number of rotatable bonds is 4. The maximum Gasteiger partial charge on any atom is 0.293 e. The molecule has 0 spiro atoms. The summed E-state index contributed by atoms with van der Waals surface area (Å²) in [6, 6.07) is 12.2. The molecule has 148 valence electrons. The van der Waals surface area contributed by atoms with E-state index >= 15 is 0 Å². The van der Waals surface area contributed by atoms with E-state index in [2.05, 4.69) is 20.5 Å². The minimum atomic E-state index is -0.267. The van der Waals surface area contributed by atoms with Crippen LogP contribution in [0.2, 0.25) is 0 Å². The van der Waals surface area contributed by atoms with Gasteiger partial charge in [-0.2, -0.15) is 0 Å². The van der Waals surface area contributed by atoms with E-state index in [0.717, 1.165) is 38.3 Å². The van der Waals surface area contributed by atoms with E-state index in [1.165, 1.54) is 17.0 Å². The fourth-order valence-electron chi connectivity index (χ4n) is 3.40. The highest BCUT2D eigenvalue weighted by Crippen LogP contribution is 2.35. The molecular formula is C22H18BrFN2O2S. The number of aromatic nitrogens is 1. The Balaban J connectivity index is 1.77. The van der Waals surface area contributed by atoms with E-state index in [1.807, 2.05) is 38.2 Å². The van der Waals surface area contributed by atoms with Crippen LogP contribution in [0.15, 0.2) is 58.0 Å². The first-order valence-electron chi connectivity index (χ1n) is 9.13. The van der Waals surface area contributed by atoms with Gasteiger partial charge in [-0.1, -0.05) is 28.1 Å². The number of benzene rings is 2. The van der Waals surface area contributed by atoms with Gasteiger partial charge in [-0.3, -0.25) is 14.5 Å². The summed E-state index contributed by atoms with van der Waals surface area (Å²) in [5.41, 5.74) is 2.82. The van der Waals surface area contributed by atoms with Gasteiger partial charge in [0.05, 0.1) is 4.91 Å². The van der Waals surface area contributed by atoms with Gasteiger partial charge in [0.15, 0.2) is 0 Å². The molecule has 0 radical (unpaired) electrons. The summed E-state index contributed by atoms with van der Waals surface area (Å²) < 4.78 is 16.2. The number of carbonyl (C=O) groups is 2. The molecule has 0 aliphatic carbocycles. The third-order valence-electron chi connectivity index (χ3n) is 4.77. The molecule has 2 aromatic carbocycles. The Labute approximate surface area is 180 Å². The van der Waals surface area contributed by atoms with Crippen molar-refractivity contribution >= 4 is 55.8 Å². The zero-order valence-electron chi connectivity index (χ0n) is 15.9. The van der Waals surface area contributed by atoms with Gasteiger partial charge in [-0.15, -0.1) is 0 Å². The van der Waals surface area contributed by atoms with Gasteiger partial charge in [0.25, 0.3) is 11.1 Å². The summed E-state index contributed by atoms with van der Waals surface area (Å²) >= 11 is 4.48. The third-order valence-corrected chi connectivity index (χ3v) is 6.14. The number of nitrogens with zero attached hydrogens (tertiary/aromatic N) is 2. The average molecular weight is 473 g/mol. The lowest BCUT2D eigenvalue weighted by atomic mass is 10.1. The molecule has 0 unspecified atom stereocenters. The summed E-state index contributed by atoms with van der Waals surface area (Å²) in [5.74, 6) is -0.527. The molecule has 1 fully saturated rings. The smallest absolute Gasteiger partial charge is 0.293 e. The van der Waals surface area contributed by atoms with Gasteiger partial charge < -0.3 is 4.57 Å². The first kappa shape index (κ1) is 19.9. The molecule has 2 heterocycles. The van der Waals surface area contributed by atoms with Gasteiger partial charge in [-0.05, 0) is 67.6 Å². The van der Waals surface area contributed by atoms with E-state index in [9.17, 15) is 14.0 Å². The number of fused-ring (bicyclic) bond motifs is 1. The van der Waals surface area contributed by atoms with Gasteiger partial charge in [0.1, 0.15) is 5.82 Å². The Bertz CT molecular complexity index is 1150. The lowest BCUT2D eigenvalue weighted by Gasteiger charge is -2.16. The van der Waals surface area contributed by atoms with Crippen LogP contribution in [-0.2, 0) is 11.3 Å². The van der Waals surface area contributed by atoms with Crippen molar-refractivity contribution in [2.75, 3.05) is 0 Å². The molecule has 0 saturated carbocycles. The molecule has 1 aliphatic heterocycles. The molecule has 0 bridgehead atoms. The predicted octanol–water partition coefficient (Wildman–Crippen LogP) is 6.04. The number of hydrogen-bond acceptors (Lipinski definition) is 3. The molecular weight excluding hydrogens is 455 g/mol. The highest BCUT2D eigenvalue weighted by atomic mass is 79.9. The molecule has 0 atom stereocenters. The molecule has 4 nitrogen and oxygen atoms in total. The monoisotopic (exact) mass is 472 g/mol. The quantitative estimate of drug-likeness (QED) is 0.434. The van der Waals surface area contributed by atoms with Crippen molar-refractivity contribution in [3.63, 3.8) is 0 Å². The van der Waals surface area contributed by atoms with Crippen LogP contribution in [0.5, 0.6) is 0 Å². The van der Waals surface area contributed by atoms with Crippen LogP contribution in [0.25, 0.3) is 17.0 Å². The first-order valence-corrected chi connectivity index (χ1v) is 10.7. The summed E-state index contributed by atoms with van der Waals surface area (Å²) in [6.45, 7) is 4.22. The Hall–Kier alpha value is -2.38. The fourth-order valence-corrected chi connectivity index (χ4v) is 4.71. The van der Waals surface area contributed by atoms with Gasteiger partial charge >= 0.3 is 0 Å². The highest BCUT2D eigenvalue weighted by Gasteiger charge is 2.36. The summed E-state index contributed by atoms with van der Waals surface area (Å²) in [4.78, 5) is 26.6. The molecule has 4 rings (SSSR count). The Morgan fingerprint density at radius 1 is 1.14 bits per heavy atom. The minimum absolute atomic E-state index is 0.178. The largest absolute Gasteiger partial charge is 0.342 e. The summed E-state index contributed by atoms with van der Waals surface area (Å²) in [6.07, 6.45) is 3.74. The molecule has 2 amide bonds.